The number of hydrogen-bond donors (Lipinski definition) is 2. The summed E-state index contributed by atoms with van der Waals surface area (Å²) in [4.78, 5) is 10.5. The van der Waals surface area contributed by atoms with Crippen LogP contribution in [0.1, 0.15) is 45.4 Å². The monoisotopic (exact) mass is 204 g/mol. The summed E-state index contributed by atoms with van der Waals surface area (Å²) in [5, 5.41) is 16.2. The third kappa shape index (κ3) is 9.48. The molecule has 0 amide bonds. The van der Waals surface area contributed by atoms with Gasteiger partial charge in [0, 0.05) is 6.42 Å². The number of esters is 1. The Hall–Kier alpha value is -0.610. The molecule has 0 spiro atoms. The number of rotatable bonds is 2. The first kappa shape index (κ1) is 13.4. The second-order valence-corrected chi connectivity index (χ2v) is 3.30. The zero-order chi connectivity index (χ0) is 10.8. The minimum absolute atomic E-state index is 0.0255. The van der Waals surface area contributed by atoms with Crippen molar-refractivity contribution >= 4 is 5.97 Å². The van der Waals surface area contributed by atoms with Crippen molar-refractivity contribution in [3.05, 3.63) is 0 Å². The molecule has 0 aliphatic carbocycles. The molecule has 0 aromatic carbocycles. The molecule has 14 heavy (non-hydrogen) atoms. The first-order chi connectivity index (χ1) is 6.66. The fraction of sp³-hybridized carbons (Fsp3) is 0.900. The second-order valence-electron chi connectivity index (χ2n) is 3.30. The van der Waals surface area contributed by atoms with Crippen LogP contribution in [0.2, 0.25) is 0 Å². The van der Waals surface area contributed by atoms with Crippen LogP contribution in [0.3, 0.4) is 0 Å². The van der Waals surface area contributed by atoms with Crippen LogP contribution in [-0.4, -0.2) is 29.1 Å². The standard InChI is InChI=1S/C6H10O2.C4H10O2/c7-6-4-2-1-3-5-8-6;1-2-3-4(5)6/h1-5H2;4-6H,2-3H2,1H3. The second kappa shape index (κ2) is 8.97. The van der Waals surface area contributed by atoms with Gasteiger partial charge >= 0.3 is 5.97 Å². The molecule has 1 aliphatic heterocycles. The van der Waals surface area contributed by atoms with Gasteiger partial charge in [0.25, 0.3) is 0 Å². The number of carbonyl (C=O) groups excluding carboxylic acids is 1. The molecule has 0 atom stereocenters. The Labute approximate surface area is 84.9 Å². The molecule has 0 saturated carbocycles. The fourth-order valence-corrected chi connectivity index (χ4v) is 1.06. The van der Waals surface area contributed by atoms with Crippen molar-refractivity contribution in [3.8, 4) is 0 Å². The Morgan fingerprint density at radius 1 is 1.36 bits per heavy atom. The van der Waals surface area contributed by atoms with E-state index in [0.717, 1.165) is 25.7 Å². The van der Waals surface area contributed by atoms with Gasteiger partial charge in [-0.15, -0.1) is 0 Å². The highest BCUT2D eigenvalue weighted by Gasteiger charge is 2.05. The van der Waals surface area contributed by atoms with Gasteiger partial charge in [0.2, 0.25) is 0 Å². The van der Waals surface area contributed by atoms with Crippen molar-refractivity contribution in [3.63, 3.8) is 0 Å². The molecule has 0 aromatic heterocycles. The first-order valence-corrected chi connectivity index (χ1v) is 5.18. The molecule has 1 heterocycles. The van der Waals surface area contributed by atoms with Crippen LogP contribution in [0, 0.1) is 0 Å². The highest BCUT2D eigenvalue weighted by atomic mass is 16.5. The Morgan fingerprint density at radius 2 is 2.07 bits per heavy atom. The van der Waals surface area contributed by atoms with Crippen molar-refractivity contribution in [2.75, 3.05) is 6.61 Å². The highest BCUT2D eigenvalue weighted by molar-refractivity contribution is 5.69. The Balaban J connectivity index is 0.000000255. The maximum Gasteiger partial charge on any atom is 0.305 e. The lowest BCUT2D eigenvalue weighted by Gasteiger charge is -1.94. The van der Waals surface area contributed by atoms with Gasteiger partial charge in [-0.25, -0.2) is 0 Å². The average molecular weight is 204 g/mol. The summed E-state index contributed by atoms with van der Waals surface area (Å²) in [6.07, 6.45) is 4.04. The van der Waals surface area contributed by atoms with E-state index in [0.29, 0.717) is 19.4 Å². The topological polar surface area (TPSA) is 66.8 Å². The van der Waals surface area contributed by atoms with E-state index in [1.807, 2.05) is 6.92 Å². The highest BCUT2D eigenvalue weighted by Crippen LogP contribution is 2.06. The molecule has 0 unspecified atom stereocenters. The van der Waals surface area contributed by atoms with Crippen LogP contribution >= 0.6 is 0 Å². The van der Waals surface area contributed by atoms with E-state index in [9.17, 15) is 4.79 Å². The van der Waals surface area contributed by atoms with E-state index in [1.165, 1.54) is 0 Å². The zero-order valence-electron chi connectivity index (χ0n) is 8.74. The molecule has 0 bridgehead atoms. The van der Waals surface area contributed by atoms with E-state index in [1.54, 1.807) is 0 Å². The Morgan fingerprint density at radius 3 is 2.57 bits per heavy atom. The number of aliphatic hydroxyl groups is 2. The van der Waals surface area contributed by atoms with Crippen LogP contribution in [0.4, 0.5) is 0 Å². The van der Waals surface area contributed by atoms with Crippen LogP contribution in [0.5, 0.6) is 0 Å². The largest absolute Gasteiger partial charge is 0.466 e. The minimum atomic E-state index is -1.10. The zero-order valence-corrected chi connectivity index (χ0v) is 8.74. The van der Waals surface area contributed by atoms with Gasteiger partial charge in [-0.3, -0.25) is 4.79 Å². The van der Waals surface area contributed by atoms with Crippen LogP contribution in [0.25, 0.3) is 0 Å². The van der Waals surface area contributed by atoms with Crippen molar-refractivity contribution in [1.82, 2.24) is 0 Å². The molecule has 0 radical (unpaired) electrons. The summed E-state index contributed by atoms with van der Waals surface area (Å²) in [5.74, 6) is -0.0255. The molecule has 0 aromatic rings. The quantitative estimate of drug-likeness (QED) is 0.524. The van der Waals surface area contributed by atoms with E-state index in [2.05, 4.69) is 0 Å². The van der Waals surface area contributed by atoms with Gasteiger partial charge in [-0.05, 0) is 25.7 Å². The summed E-state index contributed by atoms with van der Waals surface area (Å²) < 4.78 is 4.76. The summed E-state index contributed by atoms with van der Waals surface area (Å²) in [7, 11) is 0. The van der Waals surface area contributed by atoms with E-state index in [4.69, 9.17) is 14.9 Å². The molecular formula is C10H20O4. The predicted molar refractivity (Wildman–Crippen MR) is 52.6 cm³/mol. The third-order valence-corrected chi connectivity index (χ3v) is 1.84. The number of carbonyl (C=O) groups is 1. The lowest BCUT2D eigenvalue weighted by molar-refractivity contribution is -0.142. The number of ether oxygens (including phenoxy) is 1. The SMILES string of the molecule is CCCC(O)O.O=C1CCCCCO1. The lowest BCUT2D eigenvalue weighted by Crippen LogP contribution is -2.01. The van der Waals surface area contributed by atoms with Crippen LogP contribution in [0.15, 0.2) is 0 Å². The van der Waals surface area contributed by atoms with Crippen molar-refractivity contribution in [2.45, 2.75) is 51.7 Å². The molecule has 1 saturated heterocycles. The molecular weight excluding hydrogens is 184 g/mol. The van der Waals surface area contributed by atoms with Crippen LogP contribution < -0.4 is 0 Å². The summed E-state index contributed by atoms with van der Waals surface area (Å²) in [6, 6.07) is 0. The maximum absolute atomic E-state index is 10.5. The molecule has 4 heteroatoms. The van der Waals surface area contributed by atoms with Gasteiger partial charge in [0.05, 0.1) is 6.61 Å². The third-order valence-electron chi connectivity index (χ3n) is 1.84. The van der Waals surface area contributed by atoms with Crippen molar-refractivity contribution < 1.29 is 19.7 Å². The van der Waals surface area contributed by atoms with Gasteiger partial charge < -0.3 is 14.9 Å². The normalized spacial score (nSPS) is 16.7. The average Bonchev–Trinajstić information content (AvgIpc) is 2.33. The summed E-state index contributed by atoms with van der Waals surface area (Å²) in [6.45, 7) is 2.54. The Kier molecular flexibility index (Phi) is 8.57. The van der Waals surface area contributed by atoms with E-state index in [-0.39, 0.29) is 5.97 Å². The number of hydrogen-bond acceptors (Lipinski definition) is 4. The molecule has 1 fully saturated rings. The lowest BCUT2D eigenvalue weighted by atomic mass is 10.2. The minimum Gasteiger partial charge on any atom is -0.466 e. The first-order valence-electron chi connectivity index (χ1n) is 5.18. The van der Waals surface area contributed by atoms with Gasteiger partial charge in [-0.1, -0.05) is 13.3 Å². The van der Waals surface area contributed by atoms with E-state index < -0.39 is 6.29 Å². The Bertz CT molecular complexity index is 135. The molecule has 4 nitrogen and oxygen atoms in total. The van der Waals surface area contributed by atoms with Gasteiger partial charge in [-0.2, -0.15) is 0 Å². The summed E-state index contributed by atoms with van der Waals surface area (Å²) in [5.41, 5.74) is 0. The van der Waals surface area contributed by atoms with E-state index >= 15 is 0 Å². The van der Waals surface area contributed by atoms with Gasteiger partial charge in [0.15, 0.2) is 6.29 Å². The summed E-state index contributed by atoms with van der Waals surface area (Å²) >= 11 is 0. The molecule has 84 valence electrons. The number of aliphatic hydroxyl groups excluding tert-OH is 1. The molecule has 1 rings (SSSR count). The molecule has 1 aliphatic rings. The molecule has 2 N–H and O–H groups in total. The van der Waals surface area contributed by atoms with Gasteiger partial charge in [0.1, 0.15) is 0 Å². The van der Waals surface area contributed by atoms with Crippen molar-refractivity contribution in [1.29, 1.82) is 0 Å². The fourth-order valence-electron chi connectivity index (χ4n) is 1.06. The van der Waals surface area contributed by atoms with Crippen molar-refractivity contribution in [2.24, 2.45) is 0 Å². The predicted octanol–water partition coefficient (Wildman–Crippen LogP) is 1.20. The van der Waals surface area contributed by atoms with Crippen LogP contribution in [-0.2, 0) is 9.53 Å². The maximum atomic E-state index is 10.5. The number of cyclic esters (lactones) is 1. The smallest absolute Gasteiger partial charge is 0.305 e.